The van der Waals surface area contributed by atoms with Crippen molar-refractivity contribution in [3.05, 3.63) is 28.8 Å². The second-order valence-corrected chi connectivity index (χ2v) is 6.12. The van der Waals surface area contributed by atoms with Crippen molar-refractivity contribution in [2.24, 2.45) is 0 Å². The van der Waals surface area contributed by atoms with E-state index in [-0.39, 0.29) is 18.7 Å². The zero-order chi connectivity index (χ0) is 17.3. The predicted molar refractivity (Wildman–Crippen MR) is 82.1 cm³/mol. The monoisotopic (exact) mass is 345 g/mol. The second kappa shape index (κ2) is 6.58. The third-order valence-electron chi connectivity index (χ3n) is 4.44. The lowest BCUT2D eigenvalue weighted by Gasteiger charge is -2.19. The van der Waals surface area contributed by atoms with Gasteiger partial charge in [0.25, 0.3) is 5.91 Å². The number of benzene rings is 1. The molecule has 0 aliphatic carbocycles. The molecule has 132 valence electrons. The summed E-state index contributed by atoms with van der Waals surface area (Å²) < 4.78 is 51.3. The summed E-state index contributed by atoms with van der Waals surface area (Å²) in [5.41, 5.74) is 2.31. The van der Waals surface area contributed by atoms with Gasteiger partial charge in [0.05, 0.1) is 6.42 Å². The smallest absolute Gasteiger partial charge is 0.369 e. The number of halogens is 4. The second-order valence-electron chi connectivity index (χ2n) is 6.12. The van der Waals surface area contributed by atoms with E-state index in [9.17, 15) is 22.4 Å². The van der Waals surface area contributed by atoms with Crippen molar-refractivity contribution < 1.29 is 22.4 Å². The first-order valence-corrected chi connectivity index (χ1v) is 7.93. The maximum atomic E-state index is 13.0. The molecule has 1 unspecified atom stereocenters. The predicted octanol–water partition coefficient (Wildman–Crippen LogP) is 2.35. The Labute approximate surface area is 137 Å². The first-order chi connectivity index (χ1) is 11.4. The third kappa shape index (κ3) is 3.33. The molecule has 1 aromatic carbocycles. The fourth-order valence-electron chi connectivity index (χ4n) is 3.57. The molecule has 2 N–H and O–H groups in total. The lowest BCUT2D eigenvalue weighted by Crippen LogP contribution is -2.29. The van der Waals surface area contributed by atoms with Crippen LogP contribution in [0, 0.1) is 0 Å². The molecule has 3 rings (SSSR count). The summed E-state index contributed by atoms with van der Waals surface area (Å²) in [6, 6.07) is 3.33. The lowest BCUT2D eigenvalue weighted by atomic mass is 9.90. The minimum atomic E-state index is -4.30. The van der Waals surface area contributed by atoms with Crippen LogP contribution in [-0.2, 0) is 6.54 Å². The van der Waals surface area contributed by atoms with Gasteiger partial charge in [-0.3, -0.25) is 4.79 Å². The highest BCUT2D eigenvalue weighted by Gasteiger charge is 2.41. The molecule has 1 atom stereocenters. The summed E-state index contributed by atoms with van der Waals surface area (Å²) in [6.45, 7) is 1.22. The molecule has 2 aliphatic rings. The molecule has 24 heavy (non-hydrogen) atoms. The zero-order valence-corrected chi connectivity index (χ0v) is 13.0. The Kier molecular flexibility index (Phi) is 4.67. The Hall–Kier alpha value is -1.83. The van der Waals surface area contributed by atoms with E-state index in [0.717, 1.165) is 11.3 Å². The van der Waals surface area contributed by atoms with Crippen molar-refractivity contribution in [3.8, 4) is 0 Å². The van der Waals surface area contributed by atoms with E-state index in [2.05, 4.69) is 10.6 Å². The van der Waals surface area contributed by atoms with Gasteiger partial charge in [-0.2, -0.15) is 13.2 Å². The van der Waals surface area contributed by atoms with Gasteiger partial charge in [-0.15, -0.1) is 0 Å². The molecule has 1 amide bonds. The summed E-state index contributed by atoms with van der Waals surface area (Å²) in [4.78, 5) is 14.2. The molecule has 4 nitrogen and oxygen atoms in total. The number of anilines is 1. The standard InChI is InChI=1S/C16H19F4N3O/c17-3-4-22-15(24)12-2-1-10-8-21-5-6-23-9-11(7-16(18,19)20)13(12)14(10)23/h1-2,11,21H,3-9H2,(H,22,24). The van der Waals surface area contributed by atoms with Crippen LogP contribution in [0.5, 0.6) is 0 Å². The van der Waals surface area contributed by atoms with Gasteiger partial charge < -0.3 is 15.5 Å². The zero-order valence-electron chi connectivity index (χ0n) is 13.0. The number of hydrogen-bond donors (Lipinski definition) is 2. The lowest BCUT2D eigenvalue weighted by molar-refractivity contribution is -0.138. The van der Waals surface area contributed by atoms with Gasteiger partial charge in [0.1, 0.15) is 6.67 Å². The number of carbonyl (C=O) groups excluding carboxylic acids is 1. The Bertz CT molecular complexity index is 632. The number of amides is 1. The number of carbonyl (C=O) groups is 1. The molecule has 0 aromatic heterocycles. The maximum absolute atomic E-state index is 13.0. The summed E-state index contributed by atoms with van der Waals surface area (Å²) in [6.07, 6.45) is -5.26. The van der Waals surface area contributed by atoms with E-state index in [0.29, 0.717) is 25.2 Å². The van der Waals surface area contributed by atoms with Crippen LogP contribution >= 0.6 is 0 Å². The normalized spacial score (nSPS) is 19.8. The van der Waals surface area contributed by atoms with Gasteiger partial charge in [0.15, 0.2) is 0 Å². The molecule has 2 heterocycles. The van der Waals surface area contributed by atoms with Crippen LogP contribution in [0.1, 0.15) is 33.8 Å². The molecule has 0 spiro atoms. The molecule has 0 fully saturated rings. The van der Waals surface area contributed by atoms with Gasteiger partial charge in [-0.25, -0.2) is 4.39 Å². The molecule has 1 aromatic rings. The van der Waals surface area contributed by atoms with Crippen molar-refractivity contribution in [1.82, 2.24) is 10.6 Å². The van der Waals surface area contributed by atoms with E-state index < -0.39 is 31.1 Å². The highest BCUT2D eigenvalue weighted by molar-refractivity contribution is 5.98. The largest absolute Gasteiger partial charge is 0.389 e. The van der Waals surface area contributed by atoms with Gasteiger partial charge in [-0.05, 0) is 17.2 Å². The van der Waals surface area contributed by atoms with E-state index >= 15 is 0 Å². The minimum Gasteiger partial charge on any atom is -0.369 e. The van der Waals surface area contributed by atoms with E-state index in [1.54, 1.807) is 12.1 Å². The number of nitrogens with one attached hydrogen (secondary N) is 2. The van der Waals surface area contributed by atoms with Crippen molar-refractivity contribution in [2.45, 2.75) is 25.1 Å². The average molecular weight is 345 g/mol. The number of rotatable bonds is 4. The summed E-state index contributed by atoms with van der Waals surface area (Å²) in [5.74, 6) is -1.29. The average Bonchev–Trinajstić information content (AvgIpc) is 2.73. The molecular weight excluding hydrogens is 326 g/mol. The summed E-state index contributed by atoms with van der Waals surface area (Å²) in [7, 11) is 0. The highest BCUT2D eigenvalue weighted by Crippen LogP contribution is 2.46. The first kappa shape index (κ1) is 17.0. The molecule has 0 saturated heterocycles. The number of hydrogen-bond acceptors (Lipinski definition) is 3. The number of alkyl halides is 4. The van der Waals surface area contributed by atoms with Crippen molar-refractivity contribution in [2.75, 3.05) is 37.8 Å². The molecule has 8 heteroatoms. The fourth-order valence-corrected chi connectivity index (χ4v) is 3.57. The van der Waals surface area contributed by atoms with E-state index in [4.69, 9.17) is 0 Å². The molecule has 0 radical (unpaired) electrons. The Morgan fingerprint density at radius 1 is 1.38 bits per heavy atom. The van der Waals surface area contributed by atoms with Crippen molar-refractivity contribution in [3.63, 3.8) is 0 Å². The van der Waals surface area contributed by atoms with Crippen LogP contribution in [0.4, 0.5) is 23.2 Å². The topological polar surface area (TPSA) is 44.4 Å². The van der Waals surface area contributed by atoms with Crippen LogP contribution < -0.4 is 15.5 Å². The van der Waals surface area contributed by atoms with Crippen LogP contribution in [0.25, 0.3) is 0 Å². The molecule has 2 aliphatic heterocycles. The highest BCUT2D eigenvalue weighted by atomic mass is 19.4. The molecule has 0 saturated carbocycles. The van der Waals surface area contributed by atoms with Crippen molar-refractivity contribution in [1.29, 1.82) is 0 Å². The van der Waals surface area contributed by atoms with Gasteiger partial charge in [-0.1, -0.05) is 6.07 Å². The van der Waals surface area contributed by atoms with Crippen LogP contribution in [0.15, 0.2) is 12.1 Å². The first-order valence-electron chi connectivity index (χ1n) is 7.93. The molecule has 0 bridgehead atoms. The van der Waals surface area contributed by atoms with E-state index in [1.807, 2.05) is 4.90 Å². The summed E-state index contributed by atoms with van der Waals surface area (Å²) >= 11 is 0. The number of nitrogens with zero attached hydrogens (tertiary/aromatic N) is 1. The van der Waals surface area contributed by atoms with Gasteiger partial charge >= 0.3 is 6.18 Å². The third-order valence-corrected chi connectivity index (χ3v) is 4.44. The minimum absolute atomic E-state index is 0.148. The SMILES string of the molecule is O=C(NCCF)c1ccc2c3c1C(CC(F)(F)F)CN3CCNC2. The van der Waals surface area contributed by atoms with Crippen LogP contribution in [0.3, 0.4) is 0 Å². The van der Waals surface area contributed by atoms with Gasteiger partial charge in [0, 0.05) is 49.9 Å². The van der Waals surface area contributed by atoms with Crippen LogP contribution in [-0.4, -0.2) is 44.9 Å². The summed E-state index contributed by atoms with van der Waals surface area (Å²) in [5, 5.41) is 5.65. The van der Waals surface area contributed by atoms with E-state index in [1.165, 1.54) is 0 Å². The Morgan fingerprint density at radius 3 is 2.88 bits per heavy atom. The quantitative estimate of drug-likeness (QED) is 0.824. The maximum Gasteiger partial charge on any atom is 0.389 e. The molecular formula is C16H19F4N3O. The fraction of sp³-hybridized carbons (Fsp3) is 0.562. The Balaban J connectivity index is 2.04. The van der Waals surface area contributed by atoms with Crippen LogP contribution in [0.2, 0.25) is 0 Å². The van der Waals surface area contributed by atoms with Gasteiger partial charge in [0.2, 0.25) is 0 Å². The Morgan fingerprint density at radius 2 is 2.17 bits per heavy atom. The van der Waals surface area contributed by atoms with Crippen molar-refractivity contribution >= 4 is 11.6 Å².